The van der Waals surface area contributed by atoms with E-state index < -0.39 is 0 Å². The summed E-state index contributed by atoms with van der Waals surface area (Å²) in [6, 6.07) is 5.66. The van der Waals surface area contributed by atoms with Crippen LogP contribution in [0.5, 0.6) is 0 Å². The molecule has 0 aliphatic carbocycles. The van der Waals surface area contributed by atoms with E-state index in [2.05, 4.69) is 10.2 Å². The van der Waals surface area contributed by atoms with E-state index in [1.807, 2.05) is 26.2 Å². The Morgan fingerprint density at radius 1 is 1.36 bits per heavy atom. The summed E-state index contributed by atoms with van der Waals surface area (Å²) in [5.74, 6) is 0. The summed E-state index contributed by atoms with van der Waals surface area (Å²) < 4.78 is 0. The highest BCUT2D eigenvalue weighted by Crippen LogP contribution is 2.31. The van der Waals surface area contributed by atoms with E-state index >= 15 is 0 Å². The molecule has 0 bridgehead atoms. The Hall–Kier alpha value is -0.440. The van der Waals surface area contributed by atoms with E-state index in [0.717, 1.165) is 18.8 Å². The topological polar surface area (TPSA) is 15.3 Å². The molecular weight excluding hydrogens is 219 g/mol. The minimum Gasteiger partial charge on any atom is -0.372 e. The average molecular weight is 233 g/mol. The van der Waals surface area contributed by atoms with Gasteiger partial charge in [-0.2, -0.15) is 0 Å². The number of likely N-dealkylation sites (N-methyl/N-ethyl adjacent to an activating group) is 2. The zero-order valence-corrected chi connectivity index (χ0v) is 9.86. The van der Waals surface area contributed by atoms with Crippen molar-refractivity contribution in [3.05, 3.63) is 28.2 Å². The Labute approximate surface area is 94.8 Å². The minimum atomic E-state index is 0.598. The van der Waals surface area contributed by atoms with Crippen molar-refractivity contribution in [2.24, 2.45) is 0 Å². The van der Waals surface area contributed by atoms with Crippen LogP contribution in [0.1, 0.15) is 0 Å². The van der Waals surface area contributed by atoms with Crippen molar-refractivity contribution in [1.29, 1.82) is 0 Å². The van der Waals surface area contributed by atoms with Crippen LogP contribution < -0.4 is 10.2 Å². The molecule has 0 aliphatic rings. The molecule has 78 valence electrons. The van der Waals surface area contributed by atoms with Crippen LogP contribution >= 0.6 is 23.2 Å². The minimum absolute atomic E-state index is 0.598. The molecule has 0 saturated heterocycles. The third-order valence-corrected chi connectivity index (χ3v) is 2.85. The van der Waals surface area contributed by atoms with E-state index in [0.29, 0.717) is 10.0 Å². The lowest BCUT2D eigenvalue weighted by Crippen LogP contribution is -2.27. The molecule has 0 unspecified atom stereocenters. The molecule has 0 spiro atoms. The highest BCUT2D eigenvalue weighted by molar-refractivity contribution is 6.43. The molecule has 0 heterocycles. The van der Waals surface area contributed by atoms with Gasteiger partial charge in [-0.15, -0.1) is 0 Å². The molecule has 0 aromatic heterocycles. The van der Waals surface area contributed by atoms with Crippen molar-refractivity contribution in [1.82, 2.24) is 5.32 Å². The molecule has 0 fully saturated rings. The van der Waals surface area contributed by atoms with Crippen molar-refractivity contribution < 1.29 is 0 Å². The molecule has 1 aromatic carbocycles. The van der Waals surface area contributed by atoms with Crippen molar-refractivity contribution >= 4 is 28.9 Å². The first kappa shape index (κ1) is 11.6. The second-order valence-corrected chi connectivity index (χ2v) is 3.88. The lowest BCUT2D eigenvalue weighted by atomic mass is 10.3. The monoisotopic (exact) mass is 232 g/mol. The van der Waals surface area contributed by atoms with E-state index in [9.17, 15) is 0 Å². The van der Waals surface area contributed by atoms with Crippen LogP contribution in [-0.4, -0.2) is 27.2 Å². The second-order valence-electron chi connectivity index (χ2n) is 3.10. The third-order valence-electron chi connectivity index (χ3n) is 2.04. The number of hydrogen-bond acceptors (Lipinski definition) is 2. The molecule has 0 saturated carbocycles. The normalized spacial score (nSPS) is 10.3. The first-order chi connectivity index (χ1) is 6.66. The Bertz CT molecular complexity index is 302. The Morgan fingerprint density at radius 2 is 2.07 bits per heavy atom. The Morgan fingerprint density at radius 3 is 2.71 bits per heavy atom. The summed E-state index contributed by atoms with van der Waals surface area (Å²) in [5.41, 5.74) is 0.967. The van der Waals surface area contributed by atoms with E-state index in [1.165, 1.54) is 0 Å². The Balaban J connectivity index is 2.79. The van der Waals surface area contributed by atoms with Gasteiger partial charge in [-0.3, -0.25) is 0 Å². The molecule has 1 N–H and O–H groups in total. The standard InChI is InChI=1S/C10H14Cl2N2/c1-13-6-7-14(2)9-5-3-4-8(11)10(9)12/h3-5,13H,6-7H2,1-2H3. The molecule has 1 aromatic rings. The van der Waals surface area contributed by atoms with Crippen molar-refractivity contribution in [3.63, 3.8) is 0 Å². The largest absolute Gasteiger partial charge is 0.372 e. The van der Waals surface area contributed by atoms with Crippen LogP contribution in [0.15, 0.2) is 18.2 Å². The predicted octanol–water partition coefficient (Wildman–Crippen LogP) is 2.65. The van der Waals surface area contributed by atoms with E-state index in [-0.39, 0.29) is 0 Å². The number of rotatable bonds is 4. The number of nitrogens with zero attached hydrogens (tertiary/aromatic N) is 1. The highest BCUT2D eigenvalue weighted by atomic mass is 35.5. The smallest absolute Gasteiger partial charge is 0.0825 e. The molecule has 0 aliphatic heterocycles. The number of anilines is 1. The maximum absolute atomic E-state index is 6.07. The molecule has 1 rings (SSSR count). The summed E-state index contributed by atoms with van der Waals surface area (Å²) in [6.07, 6.45) is 0. The molecular formula is C10H14Cl2N2. The van der Waals surface area contributed by atoms with Crippen molar-refractivity contribution in [3.8, 4) is 0 Å². The first-order valence-corrected chi connectivity index (χ1v) is 5.22. The summed E-state index contributed by atoms with van der Waals surface area (Å²) in [7, 11) is 3.92. The van der Waals surface area contributed by atoms with Gasteiger partial charge < -0.3 is 10.2 Å². The summed E-state index contributed by atoms with van der Waals surface area (Å²) >= 11 is 12.0. The van der Waals surface area contributed by atoms with Crippen LogP contribution in [0.4, 0.5) is 5.69 Å². The van der Waals surface area contributed by atoms with Crippen molar-refractivity contribution in [2.75, 3.05) is 32.1 Å². The van der Waals surface area contributed by atoms with Gasteiger partial charge in [0.1, 0.15) is 0 Å². The number of benzene rings is 1. The summed E-state index contributed by atoms with van der Waals surface area (Å²) in [5, 5.41) is 4.30. The van der Waals surface area contributed by atoms with Gasteiger partial charge in [0.2, 0.25) is 0 Å². The lowest BCUT2D eigenvalue weighted by molar-refractivity contribution is 0.768. The zero-order chi connectivity index (χ0) is 10.6. The van der Waals surface area contributed by atoms with E-state index in [4.69, 9.17) is 23.2 Å². The van der Waals surface area contributed by atoms with Gasteiger partial charge in [0, 0.05) is 20.1 Å². The first-order valence-electron chi connectivity index (χ1n) is 4.46. The fourth-order valence-electron chi connectivity index (χ4n) is 1.19. The number of hydrogen-bond donors (Lipinski definition) is 1. The van der Waals surface area contributed by atoms with Gasteiger partial charge in [-0.1, -0.05) is 29.3 Å². The SMILES string of the molecule is CNCCN(C)c1cccc(Cl)c1Cl. The highest BCUT2D eigenvalue weighted by Gasteiger charge is 2.07. The fourth-order valence-corrected chi connectivity index (χ4v) is 1.63. The number of halogens is 2. The fraction of sp³-hybridized carbons (Fsp3) is 0.400. The lowest BCUT2D eigenvalue weighted by Gasteiger charge is -2.20. The van der Waals surface area contributed by atoms with Crippen molar-refractivity contribution in [2.45, 2.75) is 0 Å². The second kappa shape index (κ2) is 5.44. The average Bonchev–Trinajstić information content (AvgIpc) is 2.18. The van der Waals surface area contributed by atoms with Crippen LogP contribution in [0, 0.1) is 0 Å². The van der Waals surface area contributed by atoms with Crippen LogP contribution in [0.25, 0.3) is 0 Å². The van der Waals surface area contributed by atoms with Gasteiger partial charge in [0.25, 0.3) is 0 Å². The number of nitrogens with one attached hydrogen (secondary N) is 1. The van der Waals surface area contributed by atoms with Gasteiger partial charge in [0.05, 0.1) is 15.7 Å². The summed E-state index contributed by atoms with van der Waals surface area (Å²) in [6.45, 7) is 1.82. The molecule has 0 atom stereocenters. The maximum atomic E-state index is 6.07. The van der Waals surface area contributed by atoms with Crippen LogP contribution in [0.2, 0.25) is 10.0 Å². The zero-order valence-electron chi connectivity index (χ0n) is 8.35. The molecule has 2 nitrogen and oxygen atoms in total. The van der Waals surface area contributed by atoms with Gasteiger partial charge >= 0.3 is 0 Å². The molecule has 0 amide bonds. The molecule has 14 heavy (non-hydrogen) atoms. The molecule has 0 radical (unpaired) electrons. The van der Waals surface area contributed by atoms with E-state index in [1.54, 1.807) is 6.07 Å². The van der Waals surface area contributed by atoms with Gasteiger partial charge in [-0.25, -0.2) is 0 Å². The van der Waals surface area contributed by atoms with Crippen LogP contribution in [-0.2, 0) is 0 Å². The van der Waals surface area contributed by atoms with Gasteiger partial charge in [-0.05, 0) is 19.2 Å². The molecule has 4 heteroatoms. The quantitative estimate of drug-likeness (QED) is 0.859. The van der Waals surface area contributed by atoms with Crippen LogP contribution in [0.3, 0.4) is 0 Å². The third kappa shape index (κ3) is 2.77. The predicted molar refractivity (Wildman–Crippen MR) is 63.7 cm³/mol. The Kier molecular flexibility index (Phi) is 4.52. The van der Waals surface area contributed by atoms with Gasteiger partial charge in [0.15, 0.2) is 0 Å². The summed E-state index contributed by atoms with van der Waals surface area (Å²) in [4.78, 5) is 2.07. The maximum Gasteiger partial charge on any atom is 0.0825 e.